The van der Waals surface area contributed by atoms with Gasteiger partial charge in [0.15, 0.2) is 10.9 Å². The van der Waals surface area contributed by atoms with E-state index >= 15 is 0 Å². The lowest BCUT2D eigenvalue weighted by atomic mass is 10.3. The van der Waals surface area contributed by atoms with Crippen molar-refractivity contribution in [2.75, 3.05) is 13.1 Å². The number of benzene rings is 1. The number of carbonyl (C=O) groups is 1. The molecule has 3 aromatic heterocycles. The smallest absolute Gasteiger partial charge is 0.273 e. The van der Waals surface area contributed by atoms with Crippen LogP contribution in [0.2, 0.25) is 10.0 Å². The molecule has 0 atom stereocenters. The Morgan fingerprint density at radius 2 is 2.03 bits per heavy atom. The molecule has 3 heterocycles. The van der Waals surface area contributed by atoms with Gasteiger partial charge in [-0.25, -0.2) is 4.98 Å². The molecule has 0 unspecified atom stereocenters. The highest BCUT2D eigenvalue weighted by Gasteiger charge is 2.21. The first-order valence-corrected chi connectivity index (χ1v) is 12.4. The van der Waals surface area contributed by atoms with E-state index < -0.39 is 0 Å². The van der Waals surface area contributed by atoms with Crippen LogP contribution in [0.5, 0.6) is 0 Å². The van der Waals surface area contributed by atoms with Crippen molar-refractivity contribution < 1.29 is 9.21 Å². The summed E-state index contributed by atoms with van der Waals surface area (Å²) in [5.41, 5.74) is 1.15. The van der Waals surface area contributed by atoms with Crippen LogP contribution in [0, 0.1) is 0 Å². The zero-order valence-electron chi connectivity index (χ0n) is 17.3. The lowest BCUT2D eigenvalue weighted by molar-refractivity contribution is 0.0768. The summed E-state index contributed by atoms with van der Waals surface area (Å²) in [7, 11) is 0. The lowest BCUT2D eigenvalue weighted by Crippen LogP contribution is -2.30. The first kappa shape index (κ1) is 22.8. The van der Waals surface area contributed by atoms with Crippen LogP contribution >= 0.6 is 46.3 Å². The molecule has 0 spiro atoms. The summed E-state index contributed by atoms with van der Waals surface area (Å²) in [5, 5.41) is 12.9. The third-order valence-corrected chi connectivity index (χ3v) is 7.18. The van der Waals surface area contributed by atoms with Gasteiger partial charge in [-0.05, 0) is 44.2 Å². The van der Waals surface area contributed by atoms with Gasteiger partial charge in [-0.15, -0.1) is 21.5 Å². The van der Waals surface area contributed by atoms with Crippen molar-refractivity contribution in [1.82, 2.24) is 24.6 Å². The third kappa shape index (κ3) is 4.71. The molecule has 166 valence electrons. The summed E-state index contributed by atoms with van der Waals surface area (Å²) in [6.07, 6.45) is 1.58. The predicted molar refractivity (Wildman–Crippen MR) is 128 cm³/mol. The Kier molecular flexibility index (Phi) is 7.20. The number of thioether (sulfide) groups is 1. The Bertz CT molecular complexity index is 1220. The number of rotatable bonds is 8. The van der Waals surface area contributed by atoms with Gasteiger partial charge < -0.3 is 9.32 Å². The highest BCUT2D eigenvalue weighted by atomic mass is 35.5. The molecule has 7 nitrogen and oxygen atoms in total. The van der Waals surface area contributed by atoms with Crippen molar-refractivity contribution in [2.24, 2.45) is 0 Å². The number of nitrogens with zero attached hydrogens (tertiary/aromatic N) is 5. The van der Waals surface area contributed by atoms with E-state index in [4.69, 9.17) is 27.6 Å². The van der Waals surface area contributed by atoms with Gasteiger partial charge in [0.05, 0.1) is 22.7 Å². The summed E-state index contributed by atoms with van der Waals surface area (Å²) in [4.78, 5) is 18.8. The minimum Gasteiger partial charge on any atom is -0.461 e. The molecule has 0 bridgehead atoms. The first-order valence-electron chi connectivity index (χ1n) is 9.83. The van der Waals surface area contributed by atoms with E-state index in [1.54, 1.807) is 34.7 Å². The molecule has 4 rings (SSSR count). The van der Waals surface area contributed by atoms with Crippen LogP contribution in [0.1, 0.15) is 29.3 Å². The maximum atomic E-state index is 12.5. The van der Waals surface area contributed by atoms with Gasteiger partial charge in [0, 0.05) is 23.5 Å². The molecule has 1 amide bonds. The molecule has 0 radical (unpaired) electrons. The van der Waals surface area contributed by atoms with E-state index in [2.05, 4.69) is 15.2 Å². The molecular formula is C21H19Cl2N5O2S2. The number of halogens is 2. The van der Waals surface area contributed by atoms with Gasteiger partial charge in [-0.2, -0.15) is 0 Å². The number of aromatic nitrogens is 4. The molecule has 0 aliphatic rings. The Morgan fingerprint density at radius 3 is 2.72 bits per heavy atom. The second-order valence-electron chi connectivity index (χ2n) is 6.61. The molecule has 0 fully saturated rings. The van der Waals surface area contributed by atoms with Crippen LogP contribution in [0.3, 0.4) is 0 Å². The SMILES string of the molecule is CCN(CC)C(=O)c1csc(CSc2nnc(-c3ccco3)n2-c2ccc(Cl)cc2Cl)n1. The van der Waals surface area contributed by atoms with Crippen LogP contribution < -0.4 is 0 Å². The van der Waals surface area contributed by atoms with Gasteiger partial charge in [-0.1, -0.05) is 35.0 Å². The number of furan rings is 1. The summed E-state index contributed by atoms with van der Waals surface area (Å²) >= 11 is 15.5. The topological polar surface area (TPSA) is 77.0 Å². The minimum absolute atomic E-state index is 0.0567. The van der Waals surface area contributed by atoms with Crippen LogP contribution in [-0.4, -0.2) is 43.6 Å². The minimum atomic E-state index is -0.0567. The van der Waals surface area contributed by atoms with Crippen LogP contribution in [0.25, 0.3) is 17.3 Å². The molecule has 0 aliphatic heterocycles. The molecular weight excluding hydrogens is 489 g/mol. The standard InChI is InChI=1S/C21H19Cl2N5O2S2/c1-3-27(4-2)20(29)15-11-31-18(24-15)12-32-21-26-25-19(17-6-5-9-30-17)28(21)16-8-7-13(22)10-14(16)23/h5-11H,3-4,12H2,1-2H3. The largest absolute Gasteiger partial charge is 0.461 e. The van der Waals surface area contributed by atoms with Crippen LogP contribution in [-0.2, 0) is 5.75 Å². The molecule has 0 aliphatic carbocycles. The monoisotopic (exact) mass is 507 g/mol. The maximum Gasteiger partial charge on any atom is 0.273 e. The summed E-state index contributed by atoms with van der Waals surface area (Å²) in [6.45, 7) is 5.21. The number of amides is 1. The average molecular weight is 508 g/mol. The molecule has 0 N–H and O–H groups in total. The third-order valence-electron chi connectivity index (χ3n) is 4.67. The van der Waals surface area contributed by atoms with E-state index in [-0.39, 0.29) is 5.91 Å². The van der Waals surface area contributed by atoms with Gasteiger partial charge >= 0.3 is 0 Å². The number of hydrogen-bond donors (Lipinski definition) is 0. The van der Waals surface area contributed by atoms with Crippen molar-refractivity contribution in [1.29, 1.82) is 0 Å². The van der Waals surface area contributed by atoms with E-state index in [0.29, 0.717) is 57.0 Å². The predicted octanol–water partition coefficient (Wildman–Crippen LogP) is 6.06. The van der Waals surface area contributed by atoms with Gasteiger partial charge in [-0.3, -0.25) is 9.36 Å². The van der Waals surface area contributed by atoms with E-state index in [1.165, 1.54) is 23.1 Å². The number of thiazole rings is 1. The van der Waals surface area contributed by atoms with Crippen molar-refractivity contribution in [3.05, 3.63) is 62.7 Å². The van der Waals surface area contributed by atoms with Crippen LogP contribution in [0.15, 0.2) is 51.5 Å². The van der Waals surface area contributed by atoms with E-state index in [9.17, 15) is 4.79 Å². The molecule has 32 heavy (non-hydrogen) atoms. The first-order chi connectivity index (χ1) is 15.5. The number of hydrogen-bond acceptors (Lipinski definition) is 7. The van der Waals surface area contributed by atoms with E-state index in [1.807, 2.05) is 30.5 Å². The summed E-state index contributed by atoms with van der Waals surface area (Å²) in [5.74, 6) is 1.56. The Morgan fingerprint density at radius 1 is 1.22 bits per heavy atom. The highest BCUT2D eigenvalue weighted by molar-refractivity contribution is 7.98. The summed E-state index contributed by atoms with van der Waals surface area (Å²) < 4.78 is 7.37. The average Bonchev–Trinajstić information content (AvgIpc) is 3.53. The zero-order valence-corrected chi connectivity index (χ0v) is 20.4. The van der Waals surface area contributed by atoms with Crippen molar-refractivity contribution in [3.8, 4) is 17.3 Å². The maximum absolute atomic E-state index is 12.5. The molecule has 4 aromatic rings. The fourth-order valence-corrected chi connectivity index (χ4v) is 5.31. The Labute approximate surface area is 203 Å². The van der Waals surface area contributed by atoms with Crippen molar-refractivity contribution in [2.45, 2.75) is 24.8 Å². The van der Waals surface area contributed by atoms with E-state index in [0.717, 1.165) is 5.01 Å². The second kappa shape index (κ2) is 10.1. The fraction of sp³-hybridized carbons (Fsp3) is 0.238. The van der Waals surface area contributed by atoms with Gasteiger partial charge in [0.2, 0.25) is 5.82 Å². The number of carbonyl (C=O) groups excluding carboxylic acids is 1. The normalized spacial score (nSPS) is 11.1. The molecule has 11 heteroatoms. The second-order valence-corrected chi connectivity index (χ2v) is 9.34. The molecule has 1 aromatic carbocycles. The van der Waals surface area contributed by atoms with Crippen molar-refractivity contribution in [3.63, 3.8) is 0 Å². The Balaban J connectivity index is 1.62. The molecule has 0 saturated carbocycles. The Hall–Kier alpha value is -2.33. The van der Waals surface area contributed by atoms with Crippen molar-refractivity contribution >= 4 is 52.2 Å². The lowest BCUT2D eigenvalue weighted by Gasteiger charge is -2.16. The van der Waals surface area contributed by atoms with Gasteiger partial charge in [0.1, 0.15) is 10.7 Å². The molecule has 0 saturated heterocycles. The van der Waals surface area contributed by atoms with Crippen LogP contribution in [0.4, 0.5) is 0 Å². The van der Waals surface area contributed by atoms with Gasteiger partial charge in [0.25, 0.3) is 5.91 Å². The quantitative estimate of drug-likeness (QED) is 0.269. The highest BCUT2D eigenvalue weighted by Crippen LogP contribution is 2.34. The zero-order chi connectivity index (χ0) is 22.7. The summed E-state index contributed by atoms with van der Waals surface area (Å²) in [6, 6.07) is 8.84. The fourth-order valence-electron chi connectivity index (χ4n) is 3.08.